The van der Waals surface area contributed by atoms with Crippen LogP contribution in [0.15, 0.2) is 0 Å². The quantitative estimate of drug-likeness (QED) is 0.570. The molecule has 0 aromatic carbocycles. The lowest BCUT2D eigenvalue weighted by Crippen LogP contribution is -2.19. The maximum atomic E-state index is 4.97. The predicted molar refractivity (Wildman–Crippen MR) is 66.1 cm³/mol. The van der Waals surface area contributed by atoms with E-state index in [0.29, 0.717) is 0 Å². The van der Waals surface area contributed by atoms with Crippen LogP contribution in [-0.4, -0.2) is 38.3 Å². The van der Waals surface area contributed by atoms with E-state index >= 15 is 0 Å². The molecule has 2 nitrogen and oxygen atoms in total. The molecule has 0 fully saturated rings. The fourth-order valence-corrected chi connectivity index (χ4v) is 1.93. The summed E-state index contributed by atoms with van der Waals surface area (Å²) in [5.41, 5.74) is 0. The highest BCUT2D eigenvalue weighted by molar-refractivity contribution is 7.99. The molecular formula is C11H25NOS. The van der Waals surface area contributed by atoms with Crippen LogP contribution in [0.3, 0.4) is 0 Å². The fraction of sp³-hybridized carbons (Fsp3) is 1.00. The van der Waals surface area contributed by atoms with E-state index in [1.54, 1.807) is 7.11 Å². The molecule has 0 heterocycles. The summed E-state index contributed by atoms with van der Waals surface area (Å²) in [7, 11) is 1.75. The minimum atomic E-state index is 0.841. The second kappa shape index (κ2) is 11.3. The van der Waals surface area contributed by atoms with Crippen molar-refractivity contribution in [3.8, 4) is 0 Å². The molecule has 14 heavy (non-hydrogen) atoms. The molecule has 0 amide bonds. The van der Waals surface area contributed by atoms with Gasteiger partial charge in [0.15, 0.2) is 0 Å². The molecule has 0 aliphatic carbocycles. The molecule has 1 N–H and O–H groups in total. The van der Waals surface area contributed by atoms with Gasteiger partial charge < -0.3 is 10.1 Å². The van der Waals surface area contributed by atoms with E-state index in [4.69, 9.17) is 4.74 Å². The Morgan fingerprint density at radius 3 is 2.64 bits per heavy atom. The number of thioether (sulfide) groups is 1. The summed E-state index contributed by atoms with van der Waals surface area (Å²) in [5, 5.41) is 3.46. The first-order chi connectivity index (χ1) is 6.77. The summed E-state index contributed by atoms with van der Waals surface area (Å²) < 4.78 is 4.97. The van der Waals surface area contributed by atoms with Crippen molar-refractivity contribution in [2.75, 3.05) is 38.3 Å². The van der Waals surface area contributed by atoms with Crippen LogP contribution >= 0.6 is 11.8 Å². The summed E-state index contributed by atoms with van der Waals surface area (Å²) in [5.74, 6) is 3.16. The van der Waals surface area contributed by atoms with Gasteiger partial charge >= 0.3 is 0 Å². The molecule has 0 radical (unpaired) electrons. The molecule has 0 spiro atoms. The van der Waals surface area contributed by atoms with E-state index in [1.165, 1.54) is 25.1 Å². The largest absolute Gasteiger partial charge is 0.384 e. The topological polar surface area (TPSA) is 21.3 Å². The summed E-state index contributed by atoms with van der Waals surface area (Å²) in [6.07, 6.45) is 2.64. The maximum absolute atomic E-state index is 4.97. The third kappa shape index (κ3) is 12.3. The van der Waals surface area contributed by atoms with Crippen LogP contribution in [0.2, 0.25) is 0 Å². The molecule has 0 atom stereocenters. The normalized spacial score (nSPS) is 11.1. The van der Waals surface area contributed by atoms with Gasteiger partial charge in [0, 0.05) is 25.2 Å². The predicted octanol–water partition coefficient (Wildman–Crippen LogP) is 2.39. The van der Waals surface area contributed by atoms with Gasteiger partial charge in [0.1, 0.15) is 0 Å². The second-order valence-corrected chi connectivity index (χ2v) is 5.12. The molecule has 0 aromatic heterocycles. The molecule has 0 bridgehead atoms. The highest BCUT2D eigenvalue weighted by Crippen LogP contribution is 2.02. The van der Waals surface area contributed by atoms with Crippen molar-refractivity contribution >= 4 is 11.8 Å². The fourth-order valence-electron chi connectivity index (χ4n) is 1.15. The zero-order chi connectivity index (χ0) is 10.6. The standard InChI is InChI=1S/C11H25NOS/c1-11(2)5-4-6-12-7-9-14-10-8-13-3/h11-12H,4-10H2,1-3H3. The van der Waals surface area contributed by atoms with E-state index in [1.807, 2.05) is 11.8 Å². The van der Waals surface area contributed by atoms with Gasteiger partial charge in [-0.1, -0.05) is 13.8 Å². The Hall–Kier alpha value is 0.270. The van der Waals surface area contributed by atoms with Gasteiger partial charge in [-0.15, -0.1) is 0 Å². The van der Waals surface area contributed by atoms with Crippen LogP contribution in [0, 0.1) is 5.92 Å². The Morgan fingerprint density at radius 1 is 1.21 bits per heavy atom. The van der Waals surface area contributed by atoms with Crippen LogP contribution in [0.25, 0.3) is 0 Å². The van der Waals surface area contributed by atoms with Crippen molar-refractivity contribution in [2.45, 2.75) is 26.7 Å². The lowest BCUT2D eigenvalue weighted by atomic mass is 10.1. The van der Waals surface area contributed by atoms with Crippen molar-refractivity contribution in [3.05, 3.63) is 0 Å². The van der Waals surface area contributed by atoms with Gasteiger partial charge in [-0.3, -0.25) is 0 Å². The van der Waals surface area contributed by atoms with Gasteiger partial charge in [0.05, 0.1) is 6.61 Å². The number of rotatable bonds is 10. The SMILES string of the molecule is COCCSCCNCCCC(C)C. The smallest absolute Gasteiger partial charge is 0.0552 e. The third-order valence-corrected chi connectivity index (χ3v) is 2.94. The number of hydrogen-bond donors (Lipinski definition) is 1. The highest BCUT2D eigenvalue weighted by Gasteiger charge is 1.93. The molecule has 0 aromatic rings. The molecule has 3 heteroatoms. The lowest BCUT2D eigenvalue weighted by molar-refractivity contribution is 0.218. The average molecular weight is 219 g/mol. The van der Waals surface area contributed by atoms with E-state index in [-0.39, 0.29) is 0 Å². The van der Waals surface area contributed by atoms with Crippen molar-refractivity contribution in [1.29, 1.82) is 0 Å². The second-order valence-electron chi connectivity index (χ2n) is 3.89. The van der Waals surface area contributed by atoms with Crippen LogP contribution in [0.5, 0.6) is 0 Å². The van der Waals surface area contributed by atoms with Crippen LogP contribution in [0.4, 0.5) is 0 Å². The van der Waals surface area contributed by atoms with Gasteiger partial charge in [-0.2, -0.15) is 11.8 Å². The number of methoxy groups -OCH3 is 1. The molecule has 0 unspecified atom stereocenters. The van der Waals surface area contributed by atoms with Gasteiger partial charge in [-0.05, 0) is 25.3 Å². The van der Waals surface area contributed by atoms with Crippen molar-refractivity contribution in [3.63, 3.8) is 0 Å². The van der Waals surface area contributed by atoms with Crippen LogP contribution in [0.1, 0.15) is 26.7 Å². The van der Waals surface area contributed by atoms with Gasteiger partial charge in [0.25, 0.3) is 0 Å². The highest BCUT2D eigenvalue weighted by atomic mass is 32.2. The van der Waals surface area contributed by atoms with Crippen molar-refractivity contribution in [1.82, 2.24) is 5.32 Å². The van der Waals surface area contributed by atoms with Crippen molar-refractivity contribution in [2.24, 2.45) is 5.92 Å². The maximum Gasteiger partial charge on any atom is 0.0552 e. The first-order valence-electron chi connectivity index (χ1n) is 5.54. The Kier molecular flexibility index (Phi) is 11.6. The lowest BCUT2D eigenvalue weighted by Gasteiger charge is -2.06. The molecule has 0 saturated carbocycles. The number of hydrogen-bond acceptors (Lipinski definition) is 3. The number of nitrogens with one attached hydrogen (secondary N) is 1. The Balaban J connectivity index is 2.85. The van der Waals surface area contributed by atoms with E-state index < -0.39 is 0 Å². The Morgan fingerprint density at radius 2 is 2.00 bits per heavy atom. The monoisotopic (exact) mass is 219 g/mol. The summed E-state index contributed by atoms with van der Waals surface area (Å²) in [6, 6.07) is 0. The average Bonchev–Trinajstić information content (AvgIpc) is 2.15. The zero-order valence-corrected chi connectivity index (χ0v) is 10.7. The minimum Gasteiger partial charge on any atom is -0.384 e. The van der Waals surface area contributed by atoms with E-state index in [9.17, 15) is 0 Å². The molecule has 0 aliphatic rings. The van der Waals surface area contributed by atoms with Crippen LogP contribution < -0.4 is 5.32 Å². The Labute approximate surface area is 93.2 Å². The molecule has 86 valence electrons. The van der Waals surface area contributed by atoms with Gasteiger partial charge in [-0.25, -0.2) is 0 Å². The molecular weight excluding hydrogens is 194 g/mol. The molecule has 0 aliphatic heterocycles. The van der Waals surface area contributed by atoms with Crippen molar-refractivity contribution < 1.29 is 4.74 Å². The Bertz CT molecular complexity index is 109. The zero-order valence-electron chi connectivity index (χ0n) is 9.84. The van der Waals surface area contributed by atoms with E-state index in [2.05, 4.69) is 19.2 Å². The molecule has 0 rings (SSSR count). The van der Waals surface area contributed by atoms with Gasteiger partial charge in [0.2, 0.25) is 0 Å². The minimum absolute atomic E-state index is 0.841. The first kappa shape index (κ1) is 14.3. The van der Waals surface area contributed by atoms with E-state index in [0.717, 1.165) is 24.8 Å². The molecule has 0 saturated heterocycles. The summed E-state index contributed by atoms with van der Waals surface area (Å²) in [6.45, 7) is 7.73. The number of ether oxygens (including phenoxy) is 1. The summed E-state index contributed by atoms with van der Waals surface area (Å²) in [4.78, 5) is 0. The third-order valence-electron chi connectivity index (χ3n) is 1.99. The first-order valence-corrected chi connectivity index (χ1v) is 6.70. The summed E-state index contributed by atoms with van der Waals surface area (Å²) >= 11 is 1.95. The van der Waals surface area contributed by atoms with Crippen LogP contribution in [-0.2, 0) is 4.74 Å².